The molecule has 0 spiro atoms. The zero-order valence-electron chi connectivity index (χ0n) is 5.79. The van der Waals surface area contributed by atoms with Crippen LogP contribution in [0, 0.1) is 0 Å². The summed E-state index contributed by atoms with van der Waals surface area (Å²) in [5.74, 6) is -11.2. The fourth-order valence-corrected chi connectivity index (χ4v) is 0.356. The molecule has 2 nitrogen and oxygen atoms in total. The third-order valence-electron chi connectivity index (χ3n) is 0.964. The average Bonchev–Trinajstić information content (AvgIpc) is 2.00. The summed E-state index contributed by atoms with van der Waals surface area (Å²) in [7, 11) is 0. The van der Waals surface area contributed by atoms with Crippen LogP contribution in [0.4, 0.5) is 26.3 Å². The second-order valence-electron chi connectivity index (χ2n) is 1.99. The van der Waals surface area contributed by atoms with Crippen LogP contribution in [-0.2, 0) is 9.59 Å². The molecule has 0 aliphatic rings. The van der Waals surface area contributed by atoms with Crippen molar-refractivity contribution in [1.82, 2.24) is 0 Å². The van der Waals surface area contributed by atoms with Gasteiger partial charge in [0.25, 0.3) is 5.78 Å². The summed E-state index contributed by atoms with van der Waals surface area (Å²) in [5, 5.41) is 0. The predicted octanol–water partition coefficient (Wildman–Crippen LogP) is 1.29. The van der Waals surface area contributed by atoms with Crippen LogP contribution in [0.2, 0.25) is 0 Å². The summed E-state index contributed by atoms with van der Waals surface area (Å²) in [6.07, 6.45) is -5.70. The number of halogens is 6. The van der Waals surface area contributed by atoms with Crippen LogP contribution < -0.4 is 0 Å². The van der Waals surface area contributed by atoms with Gasteiger partial charge in [-0.1, -0.05) is 0 Å². The normalized spacial score (nSPS) is 12.8. The Labute approximate surface area is 67.5 Å². The van der Waals surface area contributed by atoms with E-state index in [0.717, 1.165) is 0 Å². The first-order valence-corrected chi connectivity index (χ1v) is 2.72. The zero-order chi connectivity index (χ0) is 10.9. The Bertz CT molecular complexity index is 230. The van der Waals surface area contributed by atoms with Gasteiger partial charge in [-0.15, -0.1) is 0 Å². The number of carbonyl (C=O) groups is 2. The smallest absolute Gasteiger partial charge is 0.284 e. The lowest BCUT2D eigenvalue weighted by Gasteiger charge is -2.10. The van der Waals surface area contributed by atoms with E-state index in [1.807, 2.05) is 0 Å². The molecule has 76 valence electrons. The largest absolute Gasteiger partial charge is 0.458 e. The van der Waals surface area contributed by atoms with Gasteiger partial charge in [0, 0.05) is 0 Å². The molecule has 0 unspecified atom stereocenters. The van der Waals surface area contributed by atoms with E-state index in [1.165, 1.54) is 0 Å². The van der Waals surface area contributed by atoms with Crippen molar-refractivity contribution >= 4 is 11.6 Å². The lowest BCUT2D eigenvalue weighted by molar-refractivity contribution is -0.182. The van der Waals surface area contributed by atoms with Crippen molar-refractivity contribution in [1.29, 1.82) is 0 Å². The van der Waals surface area contributed by atoms with Crippen LogP contribution in [0.3, 0.4) is 0 Å². The van der Waals surface area contributed by atoms with Crippen LogP contribution in [0.25, 0.3) is 0 Å². The number of hydrogen-bond acceptors (Lipinski definition) is 2. The highest BCUT2D eigenvalue weighted by molar-refractivity contribution is 6.41. The van der Waals surface area contributed by atoms with Gasteiger partial charge in [-0.3, -0.25) is 9.59 Å². The van der Waals surface area contributed by atoms with Crippen molar-refractivity contribution in [3.63, 3.8) is 0 Å². The minimum atomic E-state index is -5.70. The topological polar surface area (TPSA) is 34.1 Å². The molecule has 0 aliphatic carbocycles. The maximum absolute atomic E-state index is 11.9. The van der Waals surface area contributed by atoms with Crippen LogP contribution in [0.1, 0.15) is 0 Å². The highest BCUT2D eigenvalue weighted by Crippen LogP contribution is 2.23. The van der Waals surface area contributed by atoms with E-state index >= 15 is 0 Å². The van der Waals surface area contributed by atoms with Crippen LogP contribution in [0.5, 0.6) is 0 Å². The van der Waals surface area contributed by atoms with Gasteiger partial charge >= 0.3 is 17.9 Å². The molecule has 8 heteroatoms. The SMILES string of the molecule is O=C(C(=O)C(F)(F)CF)C(F)(F)F. The Kier molecular flexibility index (Phi) is 3.07. The highest BCUT2D eigenvalue weighted by Gasteiger charge is 2.53. The summed E-state index contributed by atoms with van der Waals surface area (Å²) in [4.78, 5) is 19.8. The molecule has 0 atom stereocenters. The van der Waals surface area contributed by atoms with E-state index in [9.17, 15) is 35.9 Å². The van der Waals surface area contributed by atoms with E-state index in [1.54, 1.807) is 0 Å². The second-order valence-corrected chi connectivity index (χ2v) is 1.99. The number of carbonyl (C=O) groups excluding carboxylic acids is 2. The zero-order valence-corrected chi connectivity index (χ0v) is 5.79. The molecule has 0 N–H and O–H groups in total. The van der Waals surface area contributed by atoms with Gasteiger partial charge < -0.3 is 0 Å². The Balaban J connectivity index is 4.74. The molecule has 0 amide bonds. The molecule has 0 saturated carbocycles. The maximum atomic E-state index is 11.9. The standard InChI is InChI=1S/C5H2F6O2/c6-1-4(7,8)2(12)3(13)5(9,10)11/h1H2. The number of ketones is 2. The Morgan fingerprint density at radius 2 is 1.31 bits per heavy atom. The molecule has 0 fully saturated rings. The first-order valence-electron chi connectivity index (χ1n) is 2.72. The van der Waals surface area contributed by atoms with Gasteiger partial charge in [0.15, 0.2) is 6.67 Å². The predicted molar refractivity (Wildman–Crippen MR) is 27.0 cm³/mol. The molecule has 0 aromatic rings. The third kappa shape index (κ3) is 2.71. The molecule has 0 rings (SSSR count). The van der Waals surface area contributed by atoms with Gasteiger partial charge in [0.1, 0.15) is 0 Å². The molecular weight excluding hydrogens is 206 g/mol. The van der Waals surface area contributed by atoms with Gasteiger partial charge in [-0.05, 0) is 0 Å². The molecular formula is C5H2F6O2. The summed E-state index contributed by atoms with van der Waals surface area (Å²) >= 11 is 0. The van der Waals surface area contributed by atoms with Crippen molar-refractivity contribution < 1.29 is 35.9 Å². The minimum Gasteiger partial charge on any atom is -0.284 e. The lowest BCUT2D eigenvalue weighted by atomic mass is 10.1. The van der Waals surface area contributed by atoms with Crippen molar-refractivity contribution in [3.05, 3.63) is 0 Å². The van der Waals surface area contributed by atoms with E-state index < -0.39 is 30.3 Å². The number of alkyl halides is 6. The van der Waals surface area contributed by atoms with E-state index in [2.05, 4.69) is 0 Å². The van der Waals surface area contributed by atoms with Crippen LogP contribution in [-0.4, -0.2) is 30.3 Å². The van der Waals surface area contributed by atoms with Gasteiger partial charge in [0.05, 0.1) is 0 Å². The number of rotatable bonds is 3. The third-order valence-corrected chi connectivity index (χ3v) is 0.964. The molecule has 0 radical (unpaired) electrons. The first-order chi connectivity index (χ1) is 5.63. The molecule has 0 bridgehead atoms. The minimum absolute atomic E-state index is 2.63. The second kappa shape index (κ2) is 3.35. The maximum Gasteiger partial charge on any atom is 0.458 e. The summed E-state index contributed by atoms with van der Waals surface area (Å²) in [5.41, 5.74) is 0. The van der Waals surface area contributed by atoms with Crippen molar-refractivity contribution in [2.45, 2.75) is 12.1 Å². The molecule has 0 aromatic carbocycles. The Morgan fingerprint density at radius 3 is 1.54 bits per heavy atom. The van der Waals surface area contributed by atoms with E-state index in [4.69, 9.17) is 0 Å². The Hall–Kier alpha value is -1.08. The summed E-state index contributed by atoms with van der Waals surface area (Å²) in [6.45, 7) is -2.63. The van der Waals surface area contributed by atoms with Crippen LogP contribution in [0.15, 0.2) is 0 Å². The fourth-order valence-electron chi connectivity index (χ4n) is 0.356. The monoisotopic (exact) mass is 208 g/mol. The van der Waals surface area contributed by atoms with Crippen LogP contribution >= 0.6 is 0 Å². The van der Waals surface area contributed by atoms with Crippen molar-refractivity contribution in [2.75, 3.05) is 6.67 Å². The molecule has 0 aliphatic heterocycles. The molecule has 0 heterocycles. The molecule has 0 saturated heterocycles. The molecule has 0 aromatic heterocycles. The van der Waals surface area contributed by atoms with E-state index in [-0.39, 0.29) is 0 Å². The molecule has 13 heavy (non-hydrogen) atoms. The van der Waals surface area contributed by atoms with E-state index in [0.29, 0.717) is 0 Å². The fraction of sp³-hybridized carbons (Fsp3) is 0.600. The van der Waals surface area contributed by atoms with Gasteiger partial charge in [-0.2, -0.15) is 22.0 Å². The summed E-state index contributed by atoms with van der Waals surface area (Å²) < 4.78 is 69.1. The van der Waals surface area contributed by atoms with Gasteiger partial charge in [-0.25, -0.2) is 4.39 Å². The summed E-state index contributed by atoms with van der Waals surface area (Å²) in [6, 6.07) is 0. The number of Topliss-reactive ketones (excluding diaryl/α,β-unsaturated/α-hetero) is 2. The quantitative estimate of drug-likeness (QED) is 0.517. The lowest BCUT2D eigenvalue weighted by Crippen LogP contribution is -2.43. The van der Waals surface area contributed by atoms with Gasteiger partial charge in [0.2, 0.25) is 0 Å². The van der Waals surface area contributed by atoms with Crippen molar-refractivity contribution in [3.8, 4) is 0 Å². The van der Waals surface area contributed by atoms with Crippen molar-refractivity contribution in [2.24, 2.45) is 0 Å². The highest BCUT2D eigenvalue weighted by atomic mass is 19.4. The number of hydrogen-bond donors (Lipinski definition) is 0. The first kappa shape index (κ1) is 11.9. The Morgan fingerprint density at radius 1 is 0.923 bits per heavy atom. The average molecular weight is 208 g/mol.